The lowest BCUT2D eigenvalue weighted by molar-refractivity contribution is -0.142. The fourth-order valence-corrected chi connectivity index (χ4v) is 1.71. The lowest BCUT2D eigenvalue weighted by atomic mass is 9.96. The predicted octanol–water partition coefficient (Wildman–Crippen LogP) is 1.23. The monoisotopic (exact) mass is 264 g/mol. The summed E-state index contributed by atoms with van der Waals surface area (Å²) in [5.41, 5.74) is 6.93. The van der Waals surface area contributed by atoms with Crippen molar-refractivity contribution in [2.75, 3.05) is 6.54 Å². The molecule has 5 heteroatoms. The first-order valence-corrected chi connectivity index (χ1v) is 6.25. The molecular formula is C14H20N2O3. The summed E-state index contributed by atoms with van der Waals surface area (Å²) in [6.07, 6.45) is 0. The number of nitrogens with one attached hydrogen (secondary N) is 1. The van der Waals surface area contributed by atoms with Gasteiger partial charge in [-0.2, -0.15) is 0 Å². The van der Waals surface area contributed by atoms with Gasteiger partial charge >= 0.3 is 5.97 Å². The summed E-state index contributed by atoms with van der Waals surface area (Å²) in [5, 5.41) is 11.7. The molecule has 0 spiro atoms. The number of carboxylic acid groups (broad SMARTS) is 1. The average Bonchev–Trinajstić information content (AvgIpc) is 2.38. The highest BCUT2D eigenvalue weighted by Gasteiger charge is 2.22. The van der Waals surface area contributed by atoms with Crippen LogP contribution in [0.15, 0.2) is 24.3 Å². The highest BCUT2D eigenvalue weighted by Crippen LogP contribution is 2.10. The molecule has 5 nitrogen and oxygen atoms in total. The minimum atomic E-state index is -0.895. The molecule has 0 aromatic heterocycles. The van der Waals surface area contributed by atoms with E-state index in [1.165, 1.54) is 0 Å². The largest absolute Gasteiger partial charge is 0.481 e. The third-order valence-corrected chi connectivity index (χ3v) is 3.06. The Morgan fingerprint density at radius 2 is 1.84 bits per heavy atom. The van der Waals surface area contributed by atoms with E-state index in [2.05, 4.69) is 5.32 Å². The van der Waals surface area contributed by atoms with E-state index in [1.807, 2.05) is 13.8 Å². The molecule has 0 saturated carbocycles. The maximum atomic E-state index is 11.9. The summed E-state index contributed by atoms with van der Waals surface area (Å²) in [6, 6.07) is 6.93. The average molecular weight is 264 g/mol. The summed E-state index contributed by atoms with van der Waals surface area (Å²) in [4.78, 5) is 22.9. The van der Waals surface area contributed by atoms with E-state index < -0.39 is 11.9 Å². The minimum absolute atomic E-state index is 0.0302. The van der Waals surface area contributed by atoms with Gasteiger partial charge in [-0.1, -0.05) is 26.0 Å². The molecule has 4 N–H and O–H groups in total. The number of amides is 1. The molecule has 0 radical (unpaired) electrons. The van der Waals surface area contributed by atoms with Gasteiger partial charge in [0.2, 0.25) is 0 Å². The van der Waals surface area contributed by atoms with E-state index in [-0.39, 0.29) is 18.4 Å². The van der Waals surface area contributed by atoms with E-state index in [0.29, 0.717) is 12.1 Å². The van der Waals surface area contributed by atoms with Crippen molar-refractivity contribution in [1.82, 2.24) is 5.32 Å². The van der Waals surface area contributed by atoms with Crippen molar-refractivity contribution >= 4 is 11.9 Å². The van der Waals surface area contributed by atoms with Crippen LogP contribution in [0.25, 0.3) is 0 Å². The van der Waals surface area contributed by atoms with Gasteiger partial charge in [0.15, 0.2) is 0 Å². The van der Waals surface area contributed by atoms with Crippen LogP contribution < -0.4 is 11.1 Å². The minimum Gasteiger partial charge on any atom is -0.481 e. The first-order valence-electron chi connectivity index (χ1n) is 6.25. The third-order valence-electron chi connectivity index (χ3n) is 3.06. The van der Waals surface area contributed by atoms with Crippen LogP contribution in [0.4, 0.5) is 0 Å². The van der Waals surface area contributed by atoms with Crippen LogP contribution >= 0.6 is 0 Å². The second-order valence-corrected chi connectivity index (χ2v) is 4.80. The van der Waals surface area contributed by atoms with Crippen LogP contribution in [0.5, 0.6) is 0 Å². The Hall–Kier alpha value is -1.88. The van der Waals surface area contributed by atoms with Gasteiger partial charge < -0.3 is 16.2 Å². The van der Waals surface area contributed by atoms with Crippen molar-refractivity contribution in [3.63, 3.8) is 0 Å². The lowest BCUT2D eigenvalue weighted by Crippen LogP contribution is -2.35. The zero-order valence-electron chi connectivity index (χ0n) is 11.2. The smallest absolute Gasteiger partial charge is 0.308 e. The number of carbonyl (C=O) groups is 2. The van der Waals surface area contributed by atoms with Crippen LogP contribution in [0, 0.1) is 11.8 Å². The molecule has 1 rings (SSSR count). The van der Waals surface area contributed by atoms with Crippen LogP contribution in [0.3, 0.4) is 0 Å². The maximum Gasteiger partial charge on any atom is 0.308 e. The highest BCUT2D eigenvalue weighted by molar-refractivity contribution is 5.94. The molecule has 1 aromatic carbocycles. The summed E-state index contributed by atoms with van der Waals surface area (Å²) in [5.74, 6) is -1.77. The number of hydrogen-bond acceptors (Lipinski definition) is 3. The van der Waals surface area contributed by atoms with Crippen LogP contribution in [-0.4, -0.2) is 23.5 Å². The molecule has 1 amide bonds. The standard InChI is InChI=1S/C14H20N2O3/c1-9(2)12(14(18)19)8-16-13(17)11-5-3-10(7-15)4-6-11/h3-6,9,12H,7-8,15H2,1-2H3,(H,16,17)(H,18,19). The topological polar surface area (TPSA) is 92.4 Å². The summed E-state index contributed by atoms with van der Waals surface area (Å²) in [6.45, 7) is 4.20. The fraction of sp³-hybridized carbons (Fsp3) is 0.429. The zero-order chi connectivity index (χ0) is 14.4. The number of carbonyl (C=O) groups excluding carboxylic acids is 1. The third kappa shape index (κ3) is 4.37. The lowest BCUT2D eigenvalue weighted by Gasteiger charge is -2.16. The zero-order valence-corrected chi connectivity index (χ0v) is 11.2. The van der Waals surface area contributed by atoms with Crippen molar-refractivity contribution in [2.24, 2.45) is 17.6 Å². The van der Waals surface area contributed by atoms with Crippen LogP contribution in [0.2, 0.25) is 0 Å². The SMILES string of the molecule is CC(C)C(CNC(=O)c1ccc(CN)cc1)C(=O)O. The van der Waals surface area contributed by atoms with E-state index in [9.17, 15) is 9.59 Å². The van der Waals surface area contributed by atoms with Gasteiger partial charge in [-0.25, -0.2) is 0 Å². The normalized spacial score (nSPS) is 12.2. The Morgan fingerprint density at radius 3 is 2.26 bits per heavy atom. The van der Waals surface area contributed by atoms with Gasteiger partial charge in [-0.15, -0.1) is 0 Å². The summed E-state index contributed by atoms with van der Waals surface area (Å²) in [7, 11) is 0. The summed E-state index contributed by atoms with van der Waals surface area (Å²) >= 11 is 0. The molecule has 1 atom stereocenters. The Bertz CT molecular complexity index is 441. The first kappa shape index (κ1) is 15.2. The number of rotatable bonds is 6. The van der Waals surface area contributed by atoms with Crippen LogP contribution in [0.1, 0.15) is 29.8 Å². The molecule has 104 valence electrons. The molecule has 0 bridgehead atoms. The number of aliphatic carboxylic acids is 1. The van der Waals surface area contributed by atoms with Gasteiger partial charge in [-0.3, -0.25) is 9.59 Å². The van der Waals surface area contributed by atoms with Gasteiger partial charge in [0, 0.05) is 18.7 Å². The molecule has 1 aromatic rings. The molecular weight excluding hydrogens is 244 g/mol. The molecule has 1 unspecified atom stereocenters. The predicted molar refractivity (Wildman–Crippen MR) is 72.6 cm³/mol. The number of nitrogens with two attached hydrogens (primary N) is 1. The number of hydrogen-bond donors (Lipinski definition) is 3. The van der Waals surface area contributed by atoms with Gasteiger partial charge in [0.1, 0.15) is 0 Å². The van der Waals surface area contributed by atoms with E-state index >= 15 is 0 Å². The van der Waals surface area contributed by atoms with Gasteiger partial charge in [0.25, 0.3) is 5.91 Å². The second kappa shape index (κ2) is 6.89. The fourth-order valence-electron chi connectivity index (χ4n) is 1.71. The molecule has 0 aliphatic carbocycles. The molecule has 0 saturated heterocycles. The Kier molecular flexibility index (Phi) is 5.51. The molecule has 0 heterocycles. The Balaban J connectivity index is 2.61. The quantitative estimate of drug-likeness (QED) is 0.720. The Morgan fingerprint density at radius 1 is 1.26 bits per heavy atom. The number of carboxylic acids is 1. The molecule has 0 fully saturated rings. The van der Waals surface area contributed by atoms with Crippen molar-refractivity contribution in [3.05, 3.63) is 35.4 Å². The van der Waals surface area contributed by atoms with Gasteiger partial charge in [0.05, 0.1) is 5.92 Å². The first-order chi connectivity index (χ1) is 8.95. The second-order valence-electron chi connectivity index (χ2n) is 4.80. The van der Waals surface area contributed by atoms with Gasteiger partial charge in [-0.05, 0) is 23.6 Å². The van der Waals surface area contributed by atoms with E-state index in [1.54, 1.807) is 24.3 Å². The van der Waals surface area contributed by atoms with Crippen molar-refractivity contribution in [2.45, 2.75) is 20.4 Å². The maximum absolute atomic E-state index is 11.9. The molecule has 0 aliphatic heterocycles. The van der Waals surface area contributed by atoms with Crippen molar-refractivity contribution in [1.29, 1.82) is 0 Å². The molecule has 19 heavy (non-hydrogen) atoms. The molecule has 0 aliphatic rings. The van der Waals surface area contributed by atoms with E-state index in [4.69, 9.17) is 10.8 Å². The highest BCUT2D eigenvalue weighted by atomic mass is 16.4. The van der Waals surface area contributed by atoms with E-state index in [0.717, 1.165) is 5.56 Å². The van der Waals surface area contributed by atoms with Crippen LogP contribution in [-0.2, 0) is 11.3 Å². The summed E-state index contributed by atoms with van der Waals surface area (Å²) < 4.78 is 0. The Labute approximate surface area is 112 Å². The van der Waals surface area contributed by atoms with Crippen molar-refractivity contribution < 1.29 is 14.7 Å². The van der Waals surface area contributed by atoms with Crippen molar-refractivity contribution in [3.8, 4) is 0 Å². The number of benzene rings is 1.